The van der Waals surface area contributed by atoms with Gasteiger partial charge in [0.25, 0.3) is 0 Å². The van der Waals surface area contributed by atoms with E-state index in [0.717, 1.165) is 36.5 Å². The Morgan fingerprint density at radius 2 is 2.06 bits per heavy atom. The molecular weight excluding hydrogens is 198 g/mol. The molecule has 0 spiro atoms. The fourth-order valence-electron chi connectivity index (χ4n) is 2.38. The third kappa shape index (κ3) is 2.43. The molecule has 1 unspecified atom stereocenters. The van der Waals surface area contributed by atoms with Gasteiger partial charge < -0.3 is 4.90 Å². The summed E-state index contributed by atoms with van der Waals surface area (Å²) in [6, 6.07) is 7.89. The summed E-state index contributed by atoms with van der Waals surface area (Å²) >= 11 is 0. The summed E-state index contributed by atoms with van der Waals surface area (Å²) in [5, 5.41) is 0. The fourth-order valence-corrected chi connectivity index (χ4v) is 2.38. The molecule has 16 heavy (non-hydrogen) atoms. The number of carbonyl (C=O) groups is 1. The van der Waals surface area contributed by atoms with Gasteiger partial charge in [0.15, 0.2) is 6.29 Å². The van der Waals surface area contributed by atoms with E-state index in [9.17, 15) is 4.79 Å². The van der Waals surface area contributed by atoms with E-state index in [-0.39, 0.29) is 0 Å². The average Bonchev–Trinajstić information content (AvgIpc) is 2.54. The molecule has 2 nitrogen and oxygen atoms in total. The molecular formula is C14H19NO. The number of aldehydes is 1. The van der Waals surface area contributed by atoms with E-state index in [1.165, 1.54) is 19.3 Å². The van der Waals surface area contributed by atoms with E-state index in [1.54, 1.807) is 0 Å². The van der Waals surface area contributed by atoms with Gasteiger partial charge in [-0.15, -0.1) is 0 Å². The zero-order valence-electron chi connectivity index (χ0n) is 9.86. The second-order valence-corrected chi connectivity index (χ2v) is 4.70. The second kappa shape index (κ2) is 5.15. The molecule has 2 rings (SSSR count). The van der Waals surface area contributed by atoms with Gasteiger partial charge in [-0.05, 0) is 37.3 Å². The quantitative estimate of drug-likeness (QED) is 0.709. The molecule has 86 valence electrons. The van der Waals surface area contributed by atoms with Crippen molar-refractivity contribution < 1.29 is 4.79 Å². The molecule has 1 atom stereocenters. The van der Waals surface area contributed by atoms with E-state index < -0.39 is 0 Å². The molecule has 1 aromatic rings. The van der Waals surface area contributed by atoms with Crippen molar-refractivity contribution >= 4 is 12.0 Å². The van der Waals surface area contributed by atoms with E-state index in [1.807, 2.05) is 18.2 Å². The minimum Gasteiger partial charge on any atom is -0.371 e. The van der Waals surface area contributed by atoms with Gasteiger partial charge in [0.05, 0.1) is 0 Å². The maximum atomic E-state index is 11.0. The van der Waals surface area contributed by atoms with Crippen molar-refractivity contribution in [2.75, 3.05) is 18.0 Å². The lowest BCUT2D eigenvalue weighted by molar-refractivity contribution is 0.112. The number of anilines is 1. The van der Waals surface area contributed by atoms with E-state index in [0.29, 0.717) is 0 Å². The molecule has 0 amide bonds. The van der Waals surface area contributed by atoms with Gasteiger partial charge in [-0.1, -0.05) is 19.1 Å². The van der Waals surface area contributed by atoms with E-state index >= 15 is 0 Å². The normalized spacial score (nSPS) is 21.6. The second-order valence-electron chi connectivity index (χ2n) is 4.70. The molecule has 1 heterocycles. The molecule has 1 fully saturated rings. The molecule has 0 N–H and O–H groups in total. The topological polar surface area (TPSA) is 20.3 Å². The summed E-state index contributed by atoms with van der Waals surface area (Å²) in [5.41, 5.74) is 1.92. The minimum absolute atomic E-state index is 0.813. The van der Waals surface area contributed by atoms with Crippen LogP contribution in [-0.2, 0) is 0 Å². The predicted octanol–water partition coefficient (Wildman–Crippen LogP) is 3.13. The lowest BCUT2D eigenvalue weighted by Crippen LogP contribution is -2.25. The third-order valence-electron chi connectivity index (χ3n) is 3.42. The average molecular weight is 217 g/mol. The van der Waals surface area contributed by atoms with Crippen LogP contribution in [0.2, 0.25) is 0 Å². The molecule has 1 aliphatic heterocycles. The van der Waals surface area contributed by atoms with Crippen molar-refractivity contribution in [3.8, 4) is 0 Å². The van der Waals surface area contributed by atoms with Crippen molar-refractivity contribution in [1.29, 1.82) is 0 Å². The Bertz CT molecular complexity index is 362. The van der Waals surface area contributed by atoms with Gasteiger partial charge in [-0.2, -0.15) is 0 Å². The lowest BCUT2D eigenvalue weighted by Gasteiger charge is -2.24. The molecule has 1 aliphatic rings. The Morgan fingerprint density at radius 1 is 1.25 bits per heavy atom. The summed E-state index contributed by atoms with van der Waals surface area (Å²) in [6.07, 6.45) is 4.73. The summed E-state index contributed by atoms with van der Waals surface area (Å²) in [5.74, 6) is 0.813. The minimum atomic E-state index is 0.813. The first-order valence-electron chi connectivity index (χ1n) is 6.10. The highest BCUT2D eigenvalue weighted by Gasteiger charge is 2.15. The number of nitrogens with zero attached hydrogens (tertiary/aromatic N) is 1. The van der Waals surface area contributed by atoms with Crippen LogP contribution in [-0.4, -0.2) is 19.4 Å². The summed E-state index contributed by atoms with van der Waals surface area (Å²) in [6.45, 7) is 4.47. The number of carbonyl (C=O) groups excluding carboxylic acids is 1. The van der Waals surface area contributed by atoms with E-state index in [2.05, 4.69) is 17.9 Å². The first-order chi connectivity index (χ1) is 7.81. The van der Waals surface area contributed by atoms with Crippen LogP contribution in [0.25, 0.3) is 0 Å². The van der Waals surface area contributed by atoms with Crippen LogP contribution in [0.4, 0.5) is 5.69 Å². The third-order valence-corrected chi connectivity index (χ3v) is 3.42. The number of rotatable bonds is 2. The maximum absolute atomic E-state index is 11.0. The number of hydrogen-bond donors (Lipinski definition) is 0. The highest BCUT2D eigenvalue weighted by molar-refractivity contribution is 5.84. The molecule has 1 aromatic carbocycles. The van der Waals surface area contributed by atoms with Crippen LogP contribution in [0, 0.1) is 5.92 Å². The van der Waals surface area contributed by atoms with Gasteiger partial charge in [-0.25, -0.2) is 0 Å². The SMILES string of the molecule is CC1CCCN(c2ccccc2C=O)CC1. The number of benzene rings is 1. The highest BCUT2D eigenvalue weighted by Crippen LogP contribution is 2.24. The smallest absolute Gasteiger partial charge is 0.152 e. The van der Waals surface area contributed by atoms with Gasteiger partial charge >= 0.3 is 0 Å². The van der Waals surface area contributed by atoms with Crippen LogP contribution in [0.15, 0.2) is 24.3 Å². The Hall–Kier alpha value is -1.31. The fraction of sp³-hybridized carbons (Fsp3) is 0.500. The van der Waals surface area contributed by atoms with Crippen molar-refractivity contribution in [1.82, 2.24) is 0 Å². The zero-order valence-corrected chi connectivity index (χ0v) is 9.86. The molecule has 0 radical (unpaired) electrons. The zero-order chi connectivity index (χ0) is 11.4. The van der Waals surface area contributed by atoms with Crippen LogP contribution < -0.4 is 4.90 Å². The Kier molecular flexibility index (Phi) is 3.60. The van der Waals surface area contributed by atoms with Crippen LogP contribution in [0.1, 0.15) is 36.5 Å². The van der Waals surface area contributed by atoms with E-state index in [4.69, 9.17) is 0 Å². The molecule has 0 aromatic heterocycles. The van der Waals surface area contributed by atoms with Crippen LogP contribution in [0.5, 0.6) is 0 Å². The summed E-state index contributed by atoms with van der Waals surface area (Å²) in [7, 11) is 0. The maximum Gasteiger partial charge on any atom is 0.152 e. The highest BCUT2D eigenvalue weighted by atomic mass is 16.1. The van der Waals surface area contributed by atoms with Gasteiger partial charge in [0.2, 0.25) is 0 Å². The predicted molar refractivity (Wildman–Crippen MR) is 67.1 cm³/mol. The molecule has 1 saturated heterocycles. The van der Waals surface area contributed by atoms with Crippen LogP contribution >= 0.6 is 0 Å². The molecule has 0 saturated carbocycles. The summed E-state index contributed by atoms with van der Waals surface area (Å²) < 4.78 is 0. The standard InChI is InChI=1S/C14H19NO/c1-12-5-4-9-15(10-8-12)14-7-3-2-6-13(14)11-16/h2-3,6-7,11-12H,4-5,8-10H2,1H3. The molecule has 0 aliphatic carbocycles. The first kappa shape index (κ1) is 11.2. The van der Waals surface area contributed by atoms with Gasteiger partial charge in [0.1, 0.15) is 0 Å². The van der Waals surface area contributed by atoms with Crippen molar-refractivity contribution in [2.45, 2.75) is 26.2 Å². The largest absolute Gasteiger partial charge is 0.371 e. The lowest BCUT2D eigenvalue weighted by atomic mass is 10.0. The molecule has 2 heteroatoms. The molecule has 0 bridgehead atoms. The van der Waals surface area contributed by atoms with Crippen molar-refractivity contribution in [2.24, 2.45) is 5.92 Å². The monoisotopic (exact) mass is 217 g/mol. The van der Waals surface area contributed by atoms with Crippen molar-refractivity contribution in [3.05, 3.63) is 29.8 Å². The van der Waals surface area contributed by atoms with Crippen molar-refractivity contribution in [3.63, 3.8) is 0 Å². The Morgan fingerprint density at radius 3 is 2.88 bits per heavy atom. The Labute approximate surface area is 97.3 Å². The number of para-hydroxylation sites is 1. The summed E-state index contributed by atoms with van der Waals surface area (Å²) in [4.78, 5) is 13.3. The van der Waals surface area contributed by atoms with Gasteiger partial charge in [0, 0.05) is 24.3 Å². The first-order valence-corrected chi connectivity index (χ1v) is 6.10. The Balaban J connectivity index is 2.19. The number of hydrogen-bond acceptors (Lipinski definition) is 2. The van der Waals surface area contributed by atoms with Crippen LogP contribution in [0.3, 0.4) is 0 Å². The van der Waals surface area contributed by atoms with Gasteiger partial charge in [-0.3, -0.25) is 4.79 Å².